The third-order valence-electron chi connectivity index (χ3n) is 5.31. The molecule has 6 heteroatoms. The zero-order valence-electron chi connectivity index (χ0n) is 15.9. The highest BCUT2D eigenvalue weighted by atomic mass is 32.2. The van der Waals surface area contributed by atoms with E-state index in [-0.39, 0.29) is 5.82 Å². The van der Waals surface area contributed by atoms with Crippen molar-refractivity contribution in [3.8, 4) is 0 Å². The molecule has 2 heterocycles. The van der Waals surface area contributed by atoms with Gasteiger partial charge in [0.1, 0.15) is 5.82 Å². The first-order chi connectivity index (χ1) is 12.5. The fraction of sp³-hybridized carbons (Fsp3) is 0.650. The second-order valence-corrected chi connectivity index (χ2v) is 9.06. The molecule has 1 aromatic carbocycles. The minimum Gasteiger partial charge on any atom is -0.369 e. The molecule has 0 aliphatic carbocycles. The van der Waals surface area contributed by atoms with Crippen LogP contribution in [0.4, 0.5) is 10.1 Å². The van der Waals surface area contributed by atoms with Crippen LogP contribution in [0, 0.1) is 5.82 Å². The maximum atomic E-state index is 13.1. The molecule has 0 spiro atoms. The van der Waals surface area contributed by atoms with Crippen molar-refractivity contribution in [1.82, 2.24) is 9.80 Å². The predicted octanol–water partition coefficient (Wildman–Crippen LogP) is 3.08. The summed E-state index contributed by atoms with van der Waals surface area (Å²) in [5.74, 6) is 0.705. The number of hydrogen-bond donors (Lipinski definition) is 0. The number of carbonyl (C=O) groups is 1. The number of thioether (sulfide) groups is 1. The van der Waals surface area contributed by atoms with Crippen LogP contribution in [0.5, 0.6) is 0 Å². The molecule has 0 N–H and O–H groups in total. The van der Waals surface area contributed by atoms with E-state index in [2.05, 4.69) is 28.5 Å². The van der Waals surface area contributed by atoms with Gasteiger partial charge in [-0.25, -0.2) is 4.39 Å². The van der Waals surface area contributed by atoms with Gasteiger partial charge in [-0.1, -0.05) is 13.8 Å². The third-order valence-corrected chi connectivity index (χ3v) is 6.39. The van der Waals surface area contributed by atoms with E-state index in [1.54, 1.807) is 11.8 Å². The van der Waals surface area contributed by atoms with Crippen molar-refractivity contribution in [2.24, 2.45) is 0 Å². The number of rotatable bonds is 5. The Bertz CT molecular complexity index is 587. The standard InChI is InChI=1S/C20H30FN3OS/c1-16(2)26-15-20(25)24-9-3-4-19(14-24)23-12-10-22(11-13-23)18-7-5-17(21)6-8-18/h5-8,16,19H,3-4,9-15H2,1-2H3/t19-/m0/s1. The fourth-order valence-electron chi connectivity index (χ4n) is 3.81. The number of nitrogens with zero attached hydrogens (tertiary/aromatic N) is 3. The maximum Gasteiger partial charge on any atom is 0.232 e. The summed E-state index contributed by atoms with van der Waals surface area (Å²) < 4.78 is 13.1. The number of amides is 1. The van der Waals surface area contributed by atoms with E-state index >= 15 is 0 Å². The summed E-state index contributed by atoms with van der Waals surface area (Å²) in [6.07, 6.45) is 2.28. The Balaban J connectivity index is 1.49. The van der Waals surface area contributed by atoms with E-state index in [4.69, 9.17) is 0 Å². The lowest BCUT2D eigenvalue weighted by Crippen LogP contribution is -2.56. The minimum atomic E-state index is -0.185. The van der Waals surface area contributed by atoms with Gasteiger partial charge in [0, 0.05) is 51.0 Å². The summed E-state index contributed by atoms with van der Waals surface area (Å²) in [5, 5.41) is 0.499. The van der Waals surface area contributed by atoms with Crippen molar-refractivity contribution in [3.05, 3.63) is 30.1 Å². The molecular weight excluding hydrogens is 349 g/mol. The van der Waals surface area contributed by atoms with Gasteiger partial charge >= 0.3 is 0 Å². The molecule has 4 nitrogen and oxygen atoms in total. The van der Waals surface area contributed by atoms with E-state index in [1.807, 2.05) is 12.1 Å². The van der Waals surface area contributed by atoms with Crippen LogP contribution in [0.3, 0.4) is 0 Å². The van der Waals surface area contributed by atoms with Crippen LogP contribution in [-0.4, -0.2) is 72.0 Å². The summed E-state index contributed by atoms with van der Waals surface area (Å²) in [4.78, 5) is 19.4. The van der Waals surface area contributed by atoms with Crippen molar-refractivity contribution in [2.75, 3.05) is 49.9 Å². The highest BCUT2D eigenvalue weighted by molar-refractivity contribution is 8.00. The molecule has 0 saturated carbocycles. The molecule has 26 heavy (non-hydrogen) atoms. The number of benzene rings is 1. The Morgan fingerprint density at radius 3 is 2.50 bits per heavy atom. The molecule has 0 aromatic heterocycles. The Labute approximate surface area is 160 Å². The first kappa shape index (κ1) is 19.5. The van der Waals surface area contributed by atoms with Crippen LogP contribution in [0.2, 0.25) is 0 Å². The number of piperidine rings is 1. The normalized spacial score (nSPS) is 22.1. The lowest BCUT2D eigenvalue weighted by atomic mass is 10.0. The second kappa shape index (κ2) is 9.09. The van der Waals surface area contributed by atoms with E-state index in [0.29, 0.717) is 23.0 Å². The Morgan fingerprint density at radius 1 is 1.15 bits per heavy atom. The van der Waals surface area contributed by atoms with Gasteiger partial charge in [-0.2, -0.15) is 0 Å². The average molecular weight is 380 g/mol. The number of likely N-dealkylation sites (tertiary alicyclic amines) is 1. The SMILES string of the molecule is CC(C)SCC(=O)N1CCC[C@H](N2CCN(c3ccc(F)cc3)CC2)C1. The smallest absolute Gasteiger partial charge is 0.232 e. The molecular formula is C20H30FN3OS. The van der Waals surface area contributed by atoms with Crippen molar-refractivity contribution in [3.63, 3.8) is 0 Å². The topological polar surface area (TPSA) is 26.8 Å². The number of anilines is 1. The van der Waals surface area contributed by atoms with Gasteiger partial charge in [0.25, 0.3) is 0 Å². The first-order valence-corrected chi connectivity index (χ1v) is 10.7. The van der Waals surface area contributed by atoms with Crippen LogP contribution in [0.1, 0.15) is 26.7 Å². The van der Waals surface area contributed by atoms with Gasteiger partial charge in [-0.05, 0) is 42.4 Å². The number of halogens is 1. The van der Waals surface area contributed by atoms with E-state index in [9.17, 15) is 9.18 Å². The van der Waals surface area contributed by atoms with Gasteiger partial charge in [0.2, 0.25) is 5.91 Å². The molecule has 3 rings (SSSR count). The highest BCUT2D eigenvalue weighted by Crippen LogP contribution is 2.22. The molecule has 2 fully saturated rings. The molecule has 0 unspecified atom stereocenters. The Morgan fingerprint density at radius 2 is 1.85 bits per heavy atom. The minimum absolute atomic E-state index is 0.185. The molecule has 2 aliphatic heterocycles. The first-order valence-electron chi connectivity index (χ1n) is 9.67. The predicted molar refractivity (Wildman–Crippen MR) is 107 cm³/mol. The number of hydrogen-bond acceptors (Lipinski definition) is 4. The molecule has 144 valence electrons. The van der Waals surface area contributed by atoms with Crippen molar-refractivity contribution >= 4 is 23.4 Å². The van der Waals surface area contributed by atoms with Crippen molar-refractivity contribution < 1.29 is 9.18 Å². The quantitative estimate of drug-likeness (QED) is 0.786. The Hall–Kier alpha value is -1.27. The molecule has 1 atom stereocenters. The monoisotopic (exact) mass is 379 g/mol. The molecule has 2 saturated heterocycles. The van der Waals surface area contributed by atoms with Crippen LogP contribution in [-0.2, 0) is 4.79 Å². The molecule has 2 aliphatic rings. The maximum absolute atomic E-state index is 13.1. The van der Waals surface area contributed by atoms with Gasteiger partial charge in [-0.15, -0.1) is 11.8 Å². The zero-order chi connectivity index (χ0) is 18.5. The summed E-state index contributed by atoms with van der Waals surface area (Å²) in [6.45, 7) is 9.97. The zero-order valence-corrected chi connectivity index (χ0v) is 16.7. The van der Waals surface area contributed by atoms with Crippen LogP contribution in [0.25, 0.3) is 0 Å². The van der Waals surface area contributed by atoms with E-state index < -0.39 is 0 Å². The van der Waals surface area contributed by atoms with E-state index in [0.717, 1.165) is 51.4 Å². The summed E-state index contributed by atoms with van der Waals surface area (Å²) >= 11 is 1.73. The number of piperazine rings is 1. The van der Waals surface area contributed by atoms with Crippen molar-refractivity contribution in [1.29, 1.82) is 0 Å². The average Bonchev–Trinajstić information content (AvgIpc) is 2.67. The van der Waals surface area contributed by atoms with Crippen LogP contribution >= 0.6 is 11.8 Å². The molecule has 1 aromatic rings. The molecule has 0 bridgehead atoms. The van der Waals surface area contributed by atoms with Crippen LogP contribution in [0.15, 0.2) is 24.3 Å². The number of carbonyl (C=O) groups excluding carboxylic acids is 1. The molecule has 0 radical (unpaired) electrons. The Kier molecular flexibility index (Phi) is 6.81. The lowest BCUT2D eigenvalue weighted by Gasteiger charge is -2.44. The van der Waals surface area contributed by atoms with Gasteiger partial charge in [-0.3, -0.25) is 9.69 Å². The van der Waals surface area contributed by atoms with Crippen LogP contribution < -0.4 is 4.90 Å². The van der Waals surface area contributed by atoms with E-state index in [1.165, 1.54) is 18.6 Å². The summed E-state index contributed by atoms with van der Waals surface area (Å²) in [5.41, 5.74) is 1.09. The van der Waals surface area contributed by atoms with Gasteiger partial charge < -0.3 is 9.80 Å². The molecule has 1 amide bonds. The van der Waals surface area contributed by atoms with Gasteiger partial charge in [0.15, 0.2) is 0 Å². The summed E-state index contributed by atoms with van der Waals surface area (Å²) in [7, 11) is 0. The fourth-order valence-corrected chi connectivity index (χ4v) is 4.46. The second-order valence-electron chi connectivity index (χ2n) is 7.49. The largest absolute Gasteiger partial charge is 0.369 e. The summed E-state index contributed by atoms with van der Waals surface area (Å²) in [6, 6.07) is 7.26. The lowest BCUT2D eigenvalue weighted by molar-refractivity contribution is -0.130. The third kappa shape index (κ3) is 5.13. The van der Waals surface area contributed by atoms with Crippen molar-refractivity contribution in [2.45, 2.75) is 38.0 Å². The highest BCUT2D eigenvalue weighted by Gasteiger charge is 2.30. The van der Waals surface area contributed by atoms with Gasteiger partial charge in [0.05, 0.1) is 5.75 Å².